The van der Waals surface area contributed by atoms with Crippen molar-refractivity contribution in [3.8, 4) is 5.75 Å². The lowest BCUT2D eigenvalue weighted by Crippen LogP contribution is -2.46. The molecular weight excluding hydrogens is 446 g/mol. The van der Waals surface area contributed by atoms with Gasteiger partial charge in [0.25, 0.3) is 0 Å². The molecule has 32 heavy (non-hydrogen) atoms. The molecule has 1 saturated heterocycles. The van der Waals surface area contributed by atoms with E-state index in [4.69, 9.17) is 4.74 Å². The van der Waals surface area contributed by atoms with Crippen LogP contribution in [0, 0.1) is 17.7 Å². The summed E-state index contributed by atoms with van der Waals surface area (Å²) in [5.74, 6) is 2.03. The molecule has 2 aromatic carbocycles. The van der Waals surface area contributed by atoms with E-state index in [1.165, 1.54) is 29.8 Å². The van der Waals surface area contributed by atoms with Crippen LogP contribution in [-0.2, 0) is 19.6 Å². The monoisotopic (exact) mass is 484 g/mol. The lowest BCUT2D eigenvalue weighted by Gasteiger charge is -2.35. The fourth-order valence-corrected chi connectivity index (χ4v) is 4.12. The van der Waals surface area contributed by atoms with Crippen molar-refractivity contribution in [1.29, 1.82) is 0 Å². The Balaban J connectivity index is 0.00000256. The molecule has 1 aliphatic rings. The lowest BCUT2D eigenvalue weighted by atomic mass is 9.99. The van der Waals surface area contributed by atoms with Gasteiger partial charge in [-0.05, 0) is 53.1 Å². The molecule has 0 atom stereocenters. The minimum absolute atomic E-state index is 0. The van der Waals surface area contributed by atoms with E-state index in [2.05, 4.69) is 55.7 Å². The molecule has 0 saturated carbocycles. The first-order chi connectivity index (χ1) is 14.4. The van der Waals surface area contributed by atoms with Crippen LogP contribution in [0.3, 0.4) is 0 Å². The molecule has 0 radical (unpaired) electrons. The van der Waals surface area contributed by atoms with Crippen molar-refractivity contribution in [2.45, 2.75) is 47.3 Å². The van der Waals surface area contributed by atoms with Crippen molar-refractivity contribution in [3.05, 3.63) is 65.0 Å². The second-order valence-corrected chi connectivity index (χ2v) is 9.43. The van der Waals surface area contributed by atoms with Crippen LogP contribution in [0.15, 0.2) is 42.5 Å². The van der Waals surface area contributed by atoms with Gasteiger partial charge in [0.05, 0.1) is 0 Å². The molecule has 1 aliphatic heterocycles. The first-order valence-electron chi connectivity index (χ1n) is 11.3. The van der Waals surface area contributed by atoms with Gasteiger partial charge in [-0.1, -0.05) is 52.0 Å². The van der Waals surface area contributed by atoms with Crippen LogP contribution in [0.5, 0.6) is 5.75 Å². The molecule has 6 heteroatoms. The topological polar surface area (TPSA) is 15.7 Å². The maximum absolute atomic E-state index is 13.1. The summed E-state index contributed by atoms with van der Waals surface area (Å²) < 4.78 is 19.2. The molecule has 180 valence electrons. The molecular formula is C26H39Cl2FN2O. The molecule has 0 aliphatic carbocycles. The summed E-state index contributed by atoms with van der Waals surface area (Å²) in [6.45, 7) is 16.3. The van der Waals surface area contributed by atoms with Gasteiger partial charge in [-0.15, -0.1) is 24.8 Å². The van der Waals surface area contributed by atoms with Crippen LogP contribution in [0.1, 0.15) is 44.4 Å². The highest BCUT2D eigenvalue weighted by Crippen LogP contribution is 2.25. The highest BCUT2D eigenvalue weighted by atomic mass is 35.5. The van der Waals surface area contributed by atoms with Gasteiger partial charge in [-0.25, -0.2) is 4.39 Å². The van der Waals surface area contributed by atoms with Gasteiger partial charge in [-0.3, -0.25) is 4.90 Å². The van der Waals surface area contributed by atoms with Gasteiger partial charge in [0.15, 0.2) is 0 Å². The summed E-state index contributed by atoms with van der Waals surface area (Å²) in [6, 6.07) is 13.2. The largest absolute Gasteiger partial charge is 0.489 e. The maximum Gasteiger partial charge on any atom is 0.123 e. The van der Waals surface area contributed by atoms with E-state index in [-0.39, 0.29) is 30.6 Å². The quantitative estimate of drug-likeness (QED) is 0.419. The molecule has 0 spiro atoms. The predicted molar refractivity (Wildman–Crippen MR) is 137 cm³/mol. The standard InChI is InChI=1S/C26H37FN2O.2ClH/c1-20(2)15-24-16-23(18-29-13-11-28(12-14-29)17-21(3)4)7-10-26(24)30-19-22-5-8-25(27)9-6-22;;/h5-10,16,20-21H,11-15,17-19H2,1-4H3;2*1H. The Morgan fingerprint density at radius 1 is 0.812 bits per heavy atom. The predicted octanol–water partition coefficient (Wildman–Crippen LogP) is 6.22. The third kappa shape index (κ3) is 9.27. The SMILES string of the molecule is CC(C)Cc1cc(CN2CCN(CC(C)C)CC2)ccc1OCc1ccc(F)cc1.Cl.Cl. The van der Waals surface area contributed by atoms with Gasteiger partial charge >= 0.3 is 0 Å². The Labute approximate surface area is 206 Å². The molecule has 2 aromatic rings. The number of benzene rings is 2. The maximum atomic E-state index is 13.1. The van der Waals surface area contributed by atoms with Crippen LogP contribution in [0.2, 0.25) is 0 Å². The number of rotatable bonds is 9. The molecule has 0 aromatic heterocycles. The summed E-state index contributed by atoms with van der Waals surface area (Å²) in [5.41, 5.74) is 3.61. The molecule has 0 N–H and O–H groups in total. The summed E-state index contributed by atoms with van der Waals surface area (Å²) in [4.78, 5) is 5.14. The van der Waals surface area contributed by atoms with Crippen molar-refractivity contribution in [1.82, 2.24) is 9.80 Å². The molecule has 0 unspecified atom stereocenters. The van der Waals surface area contributed by atoms with Crippen molar-refractivity contribution in [2.75, 3.05) is 32.7 Å². The van der Waals surface area contributed by atoms with Gasteiger partial charge in [0.2, 0.25) is 0 Å². The van der Waals surface area contributed by atoms with E-state index in [0.717, 1.165) is 56.4 Å². The van der Waals surface area contributed by atoms with Crippen LogP contribution in [0.25, 0.3) is 0 Å². The van der Waals surface area contributed by atoms with Gasteiger partial charge in [0.1, 0.15) is 18.2 Å². The van der Waals surface area contributed by atoms with Crippen LogP contribution < -0.4 is 4.74 Å². The molecule has 1 heterocycles. The third-order valence-electron chi connectivity index (χ3n) is 5.56. The first-order valence-corrected chi connectivity index (χ1v) is 11.3. The van der Waals surface area contributed by atoms with Crippen molar-refractivity contribution < 1.29 is 9.13 Å². The minimum atomic E-state index is -0.214. The Bertz CT molecular complexity index is 791. The second-order valence-electron chi connectivity index (χ2n) is 9.43. The van der Waals surface area contributed by atoms with Crippen molar-refractivity contribution in [3.63, 3.8) is 0 Å². The van der Waals surface area contributed by atoms with Crippen LogP contribution >= 0.6 is 24.8 Å². The Morgan fingerprint density at radius 3 is 2.00 bits per heavy atom. The summed E-state index contributed by atoms with van der Waals surface area (Å²) in [5, 5.41) is 0. The number of piperazine rings is 1. The molecule has 3 nitrogen and oxygen atoms in total. The normalized spacial score (nSPS) is 14.8. The zero-order valence-electron chi connectivity index (χ0n) is 19.9. The van der Waals surface area contributed by atoms with Gasteiger partial charge in [-0.2, -0.15) is 0 Å². The van der Waals surface area contributed by atoms with E-state index >= 15 is 0 Å². The number of hydrogen-bond donors (Lipinski definition) is 0. The summed E-state index contributed by atoms with van der Waals surface area (Å²) in [7, 11) is 0. The van der Waals surface area contributed by atoms with E-state index < -0.39 is 0 Å². The van der Waals surface area contributed by atoms with E-state index in [1.807, 2.05) is 0 Å². The van der Waals surface area contributed by atoms with E-state index in [1.54, 1.807) is 12.1 Å². The number of nitrogens with zero attached hydrogens (tertiary/aromatic N) is 2. The highest BCUT2D eigenvalue weighted by molar-refractivity contribution is 5.85. The van der Waals surface area contributed by atoms with Crippen LogP contribution in [-0.4, -0.2) is 42.5 Å². The van der Waals surface area contributed by atoms with Crippen molar-refractivity contribution >= 4 is 24.8 Å². The number of halogens is 3. The molecule has 3 rings (SSSR count). The molecule has 0 amide bonds. The van der Waals surface area contributed by atoms with E-state index in [9.17, 15) is 4.39 Å². The average Bonchev–Trinajstić information content (AvgIpc) is 2.69. The van der Waals surface area contributed by atoms with Crippen LogP contribution in [0.4, 0.5) is 4.39 Å². The van der Waals surface area contributed by atoms with Gasteiger partial charge in [0, 0.05) is 39.3 Å². The Hall–Kier alpha value is -1.33. The number of hydrogen-bond acceptors (Lipinski definition) is 3. The Kier molecular flexibility index (Phi) is 12.6. The fourth-order valence-electron chi connectivity index (χ4n) is 4.12. The minimum Gasteiger partial charge on any atom is -0.489 e. The first kappa shape index (κ1) is 28.7. The highest BCUT2D eigenvalue weighted by Gasteiger charge is 2.18. The molecule has 0 bridgehead atoms. The summed E-state index contributed by atoms with van der Waals surface area (Å²) >= 11 is 0. The fraction of sp³-hybridized carbons (Fsp3) is 0.538. The second kappa shape index (κ2) is 14.0. The third-order valence-corrected chi connectivity index (χ3v) is 5.56. The average molecular weight is 486 g/mol. The lowest BCUT2D eigenvalue weighted by molar-refractivity contribution is 0.117. The Morgan fingerprint density at radius 2 is 1.41 bits per heavy atom. The summed E-state index contributed by atoms with van der Waals surface area (Å²) in [6.07, 6.45) is 0.995. The number of ether oxygens (including phenoxy) is 1. The van der Waals surface area contributed by atoms with E-state index in [0.29, 0.717) is 12.5 Å². The smallest absolute Gasteiger partial charge is 0.123 e. The molecule has 1 fully saturated rings. The zero-order chi connectivity index (χ0) is 21.5. The zero-order valence-corrected chi connectivity index (χ0v) is 21.5. The van der Waals surface area contributed by atoms with Crippen molar-refractivity contribution in [2.24, 2.45) is 11.8 Å². The van der Waals surface area contributed by atoms with Gasteiger partial charge < -0.3 is 9.64 Å².